The van der Waals surface area contributed by atoms with Crippen molar-refractivity contribution in [2.24, 2.45) is 0 Å². The molecule has 3 rings (SSSR count). The van der Waals surface area contributed by atoms with E-state index in [1.165, 1.54) is 36.8 Å². The molecule has 1 saturated carbocycles. The van der Waals surface area contributed by atoms with Gasteiger partial charge in [0.05, 0.1) is 0 Å². The van der Waals surface area contributed by atoms with Crippen molar-refractivity contribution in [2.75, 3.05) is 10.6 Å². The van der Waals surface area contributed by atoms with Crippen LogP contribution in [0.5, 0.6) is 0 Å². The minimum atomic E-state index is 0.523. The average molecular weight is 296 g/mol. The number of aryl methyl sites for hydroxylation is 3. The van der Waals surface area contributed by atoms with Crippen LogP contribution in [0, 0.1) is 20.8 Å². The second-order valence-electron chi connectivity index (χ2n) is 6.24. The van der Waals surface area contributed by atoms with E-state index < -0.39 is 0 Å². The van der Waals surface area contributed by atoms with Crippen LogP contribution in [0.15, 0.2) is 24.3 Å². The van der Waals surface area contributed by atoms with Gasteiger partial charge < -0.3 is 10.6 Å². The Morgan fingerprint density at radius 3 is 2.36 bits per heavy atom. The average Bonchev–Trinajstić information content (AvgIpc) is 2.95. The number of hydrogen-bond acceptors (Lipinski definition) is 4. The third kappa shape index (κ3) is 3.38. The lowest BCUT2D eigenvalue weighted by Crippen LogP contribution is -2.17. The van der Waals surface area contributed by atoms with Crippen molar-refractivity contribution in [3.63, 3.8) is 0 Å². The molecule has 1 heterocycles. The van der Waals surface area contributed by atoms with Gasteiger partial charge in [0.25, 0.3) is 0 Å². The largest absolute Gasteiger partial charge is 0.351 e. The molecule has 2 N–H and O–H groups in total. The van der Waals surface area contributed by atoms with Gasteiger partial charge in [0.1, 0.15) is 5.82 Å². The summed E-state index contributed by atoms with van der Waals surface area (Å²) in [7, 11) is 0. The molecule has 1 aromatic carbocycles. The van der Waals surface area contributed by atoms with Gasteiger partial charge in [0, 0.05) is 23.5 Å². The molecule has 1 aromatic heterocycles. The lowest BCUT2D eigenvalue weighted by molar-refractivity contribution is 0.743. The van der Waals surface area contributed by atoms with E-state index in [4.69, 9.17) is 0 Å². The van der Waals surface area contributed by atoms with Crippen LogP contribution in [0.25, 0.3) is 0 Å². The summed E-state index contributed by atoms with van der Waals surface area (Å²) in [6.45, 7) is 6.24. The lowest BCUT2D eigenvalue weighted by Gasteiger charge is -2.15. The van der Waals surface area contributed by atoms with Crippen LogP contribution < -0.4 is 10.6 Å². The van der Waals surface area contributed by atoms with Crippen LogP contribution in [0.3, 0.4) is 0 Å². The molecule has 4 nitrogen and oxygen atoms in total. The molecule has 0 aliphatic heterocycles. The van der Waals surface area contributed by atoms with E-state index in [0.717, 1.165) is 23.1 Å². The van der Waals surface area contributed by atoms with Gasteiger partial charge >= 0.3 is 0 Å². The van der Waals surface area contributed by atoms with Gasteiger partial charge in [-0.1, -0.05) is 31.0 Å². The van der Waals surface area contributed by atoms with E-state index in [9.17, 15) is 0 Å². The minimum Gasteiger partial charge on any atom is -0.351 e. The zero-order valence-electron chi connectivity index (χ0n) is 13.6. The standard InChI is InChI=1S/C18H24N4/c1-12-7-6-8-13(2)17(12)21-16-11-14(3)19-18(22-16)20-15-9-4-5-10-15/h6-8,11,15H,4-5,9-10H2,1-3H3,(H2,19,20,21,22). The van der Waals surface area contributed by atoms with Gasteiger partial charge in [-0.25, -0.2) is 4.98 Å². The maximum absolute atomic E-state index is 4.64. The topological polar surface area (TPSA) is 49.8 Å². The maximum atomic E-state index is 4.64. The van der Waals surface area contributed by atoms with Crippen molar-refractivity contribution in [1.29, 1.82) is 0 Å². The predicted molar refractivity (Wildman–Crippen MR) is 91.8 cm³/mol. The Morgan fingerprint density at radius 1 is 1.00 bits per heavy atom. The first-order valence-electron chi connectivity index (χ1n) is 8.07. The molecule has 2 aromatic rings. The van der Waals surface area contributed by atoms with E-state index in [1.54, 1.807) is 0 Å². The third-order valence-corrected chi connectivity index (χ3v) is 4.28. The van der Waals surface area contributed by atoms with Crippen LogP contribution in [0.2, 0.25) is 0 Å². The smallest absolute Gasteiger partial charge is 0.225 e. The zero-order valence-corrected chi connectivity index (χ0v) is 13.6. The number of rotatable bonds is 4. The number of para-hydroxylation sites is 1. The molecule has 0 spiro atoms. The number of anilines is 3. The Bertz CT molecular complexity index is 640. The van der Waals surface area contributed by atoms with Crippen LogP contribution in [-0.2, 0) is 0 Å². The van der Waals surface area contributed by atoms with Gasteiger partial charge in [-0.15, -0.1) is 0 Å². The highest BCUT2D eigenvalue weighted by Gasteiger charge is 2.16. The fourth-order valence-corrected chi connectivity index (χ4v) is 3.09. The van der Waals surface area contributed by atoms with Crippen LogP contribution in [0.4, 0.5) is 17.5 Å². The molecule has 116 valence electrons. The number of nitrogens with one attached hydrogen (secondary N) is 2. The molecule has 1 aliphatic rings. The molecule has 0 unspecified atom stereocenters. The normalized spacial score (nSPS) is 15.0. The highest BCUT2D eigenvalue weighted by atomic mass is 15.2. The fraction of sp³-hybridized carbons (Fsp3) is 0.444. The highest BCUT2D eigenvalue weighted by molar-refractivity contribution is 5.65. The van der Waals surface area contributed by atoms with Crippen molar-refractivity contribution in [1.82, 2.24) is 9.97 Å². The fourth-order valence-electron chi connectivity index (χ4n) is 3.09. The lowest BCUT2D eigenvalue weighted by atomic mass is 10.1. The van der Waals surface area contributed by atoms with Crippen molar-refractivity contribution in [2.45, 2.75) is 52.5 Å². The molecule has 22 heavy (non-hydrogen) atoms. The highest BCUT2D eigenvalue weighted by Crippen LogP contribution is 2.25. The van der Waals surface area contributed by atoms with Crippen molar-refractivity contribution >= 4 is 17.5 Å². The first kappa shape index (κ1) is 14.8. The second kappa shape index (κ2) is 6.34. The first-order valence-corrected chi connectivity index (χ1v) is 8.07. The van der Waals surface area contributed by atoms with E-state index in [2.05, 4.69) is 52.6 Å². The minimum absolute atomic E-state index is 0.523. The summed E-state index contributed by atoms with van der Waals surface area (Å²) in [5, 5.41) is 6.93. The molecule has 0 amide bonds. The Morgan fingerprint density at radius 2 is 1.68 bits per heavy atom. The van der Waals surface area contributed by atoms with Crippen LogP contribution in [-0.4, -0.2) is 16.0 Å². The van der Waals surface area contributed by atoms with E-state index in [1.807, 2.05) is 13.0 Å². The zero-order chi connectivity index (χ0) is 15.5. The molecule has 1 fully saturated rings. The molecule has 0 radical (unpaired) electrons. The van der Waals surface area contributed by atoms with Crippen LogP contribution >= 0.6 is 0 Å². The molecule has 0 saturated heterocycles. The van der Waals surface area contributed by atoms with E-state index >= 15 is 0 Å². The molecular formula is C18H24N4. The van der Waals surface area contributed by atoms with Gasteiger partial charge in [-0.05, 0) is 44.7 Å². The quantitative estimate of drug-likeness (QED) is 0.872. The summed E-state index contributed by atoms with van der Waals surface area (Å²) >= 11 is 0. The SMILES string of the molecule is Cc1cc(Nc2c(C)cccc2C)nc(NC2CCCC2)n1. The summed E-state index contributed by atoms with van der Waals surface area (Å²) in [5.74, 6) is 1.59. The Hall–Kier alpha value is -2.10. The van der Waals surface area contributed by atoms with E-state index in [-0.39, 0.29) is 0 Å². The number of hydrogen-bond donors (Lipinski definition) is 2. The Kier molecular flexibility index (Phi) is 4.27. The Balaban J connectivity index is 1.82. The molecule has 0 atom stereocenters. The number of benzene rings is 1. The second-order valence-corrected chi connectivity index (χ2v) is 6.24. The van der Waals surface area contributed by atoms with Gasteiger partial charge in [-0.3, -0.25) is 0 Å². The summed E-state index contributed by atoms with van der Waals surface area (Å²) in [6.07, 6.45) is 5.04. The summed E-state index contributed by atoms with van der Waals surface area (Å²) in [6, 6.07) is 8.82. The molecular weight excluding hydrogens is 272 g/mol. The van der Waals surface area contributed by atoms with Crippen molar-refractivity contribution < 1.29 is 0 Å². The number of nitrogens with zero attached hydrogens (tertiary/aromatic N) is 2. The maximum Gasteiger partial charge on any atom is 0.225 e. The summed E-state index contributed by atoms with van der Waals surface area (Å²) in [5.41, 5.74) is 4.56. The Labute approximate surface area is 132 Å². The third-order valence-electron chi connectivity index (χ3n) is 4.28. The van der Waals surface area contributed by atoms with Crippen molar-refractivity contribution in [3.8, 4) is 0 Å². The summed E-state index contributed by atoms with van der Waals surface area (Å²) < 4.78 is 0. The number of aromatic nitrogens is 2. The molecule has 4 heteroatoms. The van der Waals surface area contributed by atoms with Gasteiger partial charge in [0.15, 0.2) is 0 Å². The summed E-state index contributed by atoms with van der Waals surface area (Å²) in [4.78, 5) is 9.16. The first-order chi connectivity index (χ1) is 10.6. The monoisotopic (exact) mass is 296 g/mol. The molecule has 1 aliphatic carbocycles. The van der Waals surface area contributed by atoms with Crippen molar-refractivity contribution in [3.05, 3.63) is 41.1 Å². The predicted octanol–water partition coefficient (Wildman–Crippen LogP) is 4.50. The van der Waals surface area contributed by atoms with Gasteiger partial charge in [-0.2, -0.15) is 4.98 Å². The van der Waals surface area contributed by atoms with E-state index in [0.29, 0.717) is 6.04 Å². The van der Waals surface area contributed by atoms with Gasteiger partial charge in [0.2, 0.25) is 5.95 Å². The molecule has 0 bridgehead atoms. The van der Waals surface area contributed by atoms with Crippen LogP contribution in [0.1, 0.15) is 42.5 Å².